The van der Waals surface area contributed by atoms with Gasteiger partial charge >= 0.3 is 0 Å². The van der Waals surface area contributed by atoms with Crippen molar-refractivity contribution in [2.75, 3.05) is 13.1 Å². The van der Waals surface area contributed by atoms with Gasteiger partial charge in [-0.25, -0.2) is 4.52 Å². The van der Waals surface area contributed by atoms with Crippen LogP contribution >= 0.6 is 0 Å². The van der Waals surface area contributed by atoms with E-state index in [1.54, 1.807) is 6.08 Å². The Morgan fingerprint density at radius 2 is 1.94 bits per heavy atom. The summed E-state index contributed by atoms with van der Waals surface area (Å²) in [6.07, 6.45) is 8.65. The average Bonchev–Trinajstić information content (AvgIpc) is 3.17. The van der Waals surface area contributed by atoms with E-state index in [2.05, 4.69) is 5.32 Å². The van der Waals surface area contributed by atoms with E-state index < -0.39 is 0 Å². The van der Waals surface area contributed by atoms with Crippen LogP contribution in [0.4, 0.5) is 0 Å². The molecule has 31 heavy (non-hydrogen) atoms. The predicted molar refractivity (Wildman–Crippen MR) is 122 cm³/mol. The van der Waals surface area contributed by atoms with Crippen LogP contribution in [0.5, 0.6) is 0 Å². The maximum atomic E-state index is 13.1. The summed E-state index contributed by atoms with van der Waals surface area (Å²) in [6.45, 7) is 3.20. The molecule has 0 spiro atoms. The quantitative estimate of drug-likeness (QED) is 0.620. The number of aromatic nitrogens is 2. The van der Waals surface area contributed by atoms with E-state index in [0.717, 1.165) is 41.6 Å². The number of hydrogen-bond donors (Lipinski definition) is 1. The Morgan fingerprint density at radius 3 is 2.74 bits per heavy atom. The molecule has 1 atom stereocenters. The number of carbonyl (C=O) groups is 2. The van der Waals surface area contributed by atoms with Crippen LogP contribution in [0.25, 0.3) is 22.9 Å². The van der Waals surface area contributed by atoms with Crippen molar-refractivity contribution >= 4 is 23.4 Å². The number of benzene rings is 1. The molecule has 4 rings (SSSR count). The van der Waals surface area contributed by atoms with Gasteiger partial charge in [0.2, 0.25) is 11.8 Å². The second-order valence-electron chi connectivity index (χ2n) is 7.83. The Hall–Kier alpha value is -3.41. The van der Waals surface area contributed by atoms with Crippen molar-refractivity contribution in [2.24, 2.45) is 0 Å². The van der Waals surface area contributed by atoms with E-state index in [-0.39, 0.29) is 17.9 Å². The van der Waals surface area contributed by atoms with Gasteiger partial charge in [0.25, 0.3) is 0 Å². The average molecular weight is 417 g/mol. The molecule has 0 saturated carbocycles. The fraction of sp³-hybridized carbons (Fsp3) is 0.320. The summed E-state index contributed by atoms with van der Waals surface area (Å²) in [4.78, 5) is 27.1. The fourth-order valence-corrected chi connectivity index (χ4v) is 4.23. The van der Waals surface area contributed by atoms with Gasteiger partial charge in [-0.05, 0) is 44.4 Å². The first-order valence-electron chi connectivity index (χ1n) is 11.0. The molecule has 0 bridgehead atoms. The molecule has 6 nitrogen and oxygen atoms in total. The number of amides is 2. The number of rotatable bonds is 6. The summed E-state index contributed by atoms with van der Waals surface area (Å²) in [7, 11) is 0. The smallest absolute Gasteiger partial charge is 0.246 e. The Bertz CT molecular complexity index is 1090. The highest BCUT2D eigenvalue weighted by atomic mass is 16.2. The molecule has 1 aliphatic rings. The van der Waals surface area contributed by atoms with Crippen LogP contribution in [-0.4, -0.2) is 45.5 Å². The highest BCUT2D eigenvalue weighted by Crippen LogP contribution is 2.28. The second kappa shape index (κ2) is 9.60. The number of piperidine rings is 1. The first-order valence-corrected chi connectivity index (χ1v) is 11.0. The molecule has 3 aromatic rings. The summed E-state index contributed by atoms with van der Waals surface area (Å²) in [5.74, 6) is -0.0477. The molecule has 160 valence electrons. The van der Waals surface area contributed by atoms with Crippen LogP contribution < -0.4 is 5.32 Å². The van der Waals surface area contributed by atoms with Gasteiger partial charge in [-0.1, -0.05) is 36.4 Å². The third-order valence-corrected chi connectivity index (χ3v) is 5.72. The molecule has 0 unspecified atom stereocenters. The molecule has 1 saturated heterocycles. The van der Waals surface area contributed by atoms with Gasteiger partial charge in [-0.2, -0.15) is 5.10 Å². The fourth-order valence-electron chi connectivity index (χ4n) is 4.23. The molecular weight excluding hydrogens is 388 g/mol. The van der Waals surface area contributed by atoms with E-state index in [0.29, 0.717) is 19.5 Å². The summed E-state index contributed by atoms with van der Waals surface area (Å²) in [5.41, 5.74) is 3.71. The first-order chi connectivity index (χ1) is 15.2. The molecule has 2 amide bonds. The molecule has 3 heterocycles. The van der Waals surface area contributed by atoms with E-state index in [1.165, 1.54) is 0 Å². The Morgan fingerprint density at radius 1 is 1.13 bits per heavy atom. The molecule has 1 aliphatic heterocycles. The molecule has 6 heteroatoms. The molecule has 0 aliphatic carbocycles. The minimum absolute atomic E-state index is 0.00479. The summed E-state index contributed by atoms with van der Waals surface area (Å²) in [6, 6.07) is 15.9. The largest absolute Gasteiger partial charge is 0.356 e. The predicted octanol–water partition coefficient (Wildman–Crippen LogP) is 3.92. The first kappa shape index (κ1) is 20.8. The minimum Gasteiger partial charge on any atom is -0.356 e. The number of nitrogens with one attached hydrogen (secondary N) is 1. The molecule has 0 radical (unpaired) electrons. The number of pyridine rings is 1. The zero-order chi connectivity index (χ0) is 21.6. The van der Waals surface area contributed by atoms with E-state index in [1.807, 2.05) is 77.1 Å². The monoisotopic (exact) mass is 416 g/mol. The summed E-state index contributed by atoms with van der Waals surface area (Å²) >= 11 is 0. The second-order valence-corrected chi connectivity index (χ2v) is 7.83. The van der Waals surface area contributed by atoms with Crippen LogP contribution in [0.2, 0.25) is 0 Å². The number of nitrogens with zero attached hydrogens (tertiary/aromatic N) is 3. The van der Waals surface area contributed by atoms with Crippen molar-refractivity contribution in [2.45, 2.75) is 38.6 Å². The lowest BCUT2D eigenvalue weighted by Gasteiger charge is -2.34. The van der Waals surface area contributed by atoms with E-state index in [4.69, 9.17) is 5.10 Å². The van der Waals surface area contributed by atoms with Crippen molar-refractivity contribution in [3.05, 3.63) is 66.4 Å². The number of carbonyl (C=O) groups excluding carboxylic acids is 2. The van der Waals surface area contributed by atoms with Gasteiger partial charge in [0, 0.05) is 49.0 Å². The number of fused-ring (bicyclic) bond motifs is 1. The molecule has 1 N–H and O–H groups in total. The third kappa shape index (κ3) is 4.68. The number of likely N-dealkylation sites (tertiary alicyclic amines) is 1. The van der Waals surface area contributed by atoms with Crippen molar-refractivity contribution < 1.29 is 9.59 Å². The SMILES string of the molecule is CCNC(=O)C[C@H]1CCCCN1C(=O)C=Cc1c(-c2ccccc2)nn2ccccc12. The standard InChI is InChI=1S/C25H28N4O2/c1-2-26-23(30)18-20-12-6-8-16-28(20)24(31)15-14-21-22-13-7-9-17-29(22)27-25(21)19-10-4-3-5-11-19/h3-5,7,9-11,13-15,17,20H,2,6,8,12,16,18H2,1H3,(H,26,30)/t20-/m1/s1. The zero-order valence-corrected chi connectivity index (χ0v) is 17.8. The van der Waals surface area contributed by atoms with Gasteiger partial charge in [-0.15, -0.1) is 0 Å². The Kier molecular flexibility index (Phi) is 6.46. The Labute approximate surface area is 182 Å². The third-order valence-electron chi connectivity index (χ3n) is 5.72. The number of hydrogen-bond acceptors (Lipinski definition) is 3. The van der Waals surface area contributed by atoms with Gasteiger partial charge in [0.1, 0.15) is 5.69 Å². The molecule has 1 fully saturated rings. The normalized spacial score (nSPS) is 16.7. The van der Waals surface area contributed by atoms with Crippen LogP contribution in [0, 0.1) is 0 Å². The van der Waals surface area contributed by atoms with Crippen molar-refractivity contribution in [1.29, 1.82) is 0 Å². The van der Waals surface area contributed by atoms with Crippen LogP contribution in [0.1, 0.15) is 38.2 Å². The van der Waals surface area contributed by atoms with Crippen molar-refractivity contribution in [1.82, 2.24) is 19.8 Å². The lowest BCUT2D eigenvalue weighted by molar-refractivity contribution is -0.131. The topological polar surface area (TPSA) is 66.7 Å². The highest BCUT2D eigenvalue weighted by Gasteiger charge is 2.27. The highest BCUT2D eigenvalue weighted by molar-refractivity contribution is 5.95. The van der Waals surface area contributed by atoms with E-state index in [9.17, 15) is 9.59 Å². The molecular formula is C25H28N4O2. The van der Waals surface area contributed by atoms with Gasteiger partial charge < -0.3 is 10.2 Å². The van der Waals surface area contributed by atoms with Crippen LogP contribution in [0.15, 0.2) is 60.8 Å². The molecule has 1 aromatic carbocycles. The maximum Gasteiger partial charge on any atom is 0.246 e. The van der Waals surface area contributed by atoms with Gasteiger partial charge in [0.05, 0.1) is 5.52 Å². The van der Waals surface area contributed by atoms with Gasteiger partial charge in [0.15, 0.2) is 0 Å². The molecule has 2 aromatic heterocycles. The van der Waals surface area contributed by atoms with Crippen LogP contribution in [-0.2, 0) is 9.59 Å². The zero-order valence-electron chi connectivity index (χ0n) is 17.8. The minimum atomic E-state index is -0.0525. The van der Waals surface area contributed by atoms with Crippen LogP contribution in [0.3, 0.4) is 0 Å². The Balaban J connectivity index is 1.61. The van der Waals surface area contributed by atoms with E-state index >= 15 is 0 Å². The van der Waals surface area contributed by atoms with Gasteiger partial charge in [-0.3, -0.25) is 9.59 Å². The summed E-state index contributed by atoms with van der Waals surface area (Å²) in [5, 5.41) is 7.58. The lowest BCUT2D eigenvalue weighted by Crippen LogP contribution is -2.45. The maximum absolute atomic E-state index is 13.1. The summed E-state index contributed by atoms with van der Waals surface area (Å²) < 4.78 is 1.84. The van der Waals surface area contributed by atoms with Crippen molar-refractivity contribution in [3.63, 3.8) is 0 Å². The van der Waals surface area contributed by atoms with Crippen molar-refractivity contribution in [3.8, 4) is 11.3 Å². The lowest BCUT2D eigenvalue weighted by atomic mass is 9.98.